The Kier molecular flexibility index (Phi) is 3.26. The molecular formula is C17H19NO. The summed E-state index contributed by atoms with van der Waals surface area (Å²) in [6.45, 7) is 0. The molecule has 2 atom stereocenters. The number of methoxy groups -OCH3 is 1. The van der Waals surface area contributed by atoms with Crippen molar-refractivity contribution in [2.45, 2.75) is 24.8 Å². The molecule has 0 aromatic heterocycles. The summed E-state index contributed by atoms with van der Waals surface area (Å²) >= 11 is 0. The van der Waals surface area contributed by atoms with E-state index in [1.54, 1.807) is 7.11 Å². The van der Waals surface area contributed by atoms with Gasteiger partial charge in [0.25, 0.3) is 0 Å². The molecule has 0 radical (unpaired) electrons. The van der Waals surface area contributed by atoms with E-state index in [9.17, 15) is 0 Å². The van der Waals surface area contributed by atoms with Gasteiger partial charge in [0.2, 0.25) is 0 Å². The van der Waals surface area contributed by atoms with Crippen LogP contribution in [0.5, 0.6) is 5.75 Å². The lowest BCUT2D eigenvalue weighted by molar-refractivity contribution is 0.412. The Morgan fingerprint density at radius 1 is 1.11 bits per heavy atom. The van der Waals surface area contributed by atoms with Crippen LogP contribution in [-0.2, 0) is 6.42 Å². The minimum Gasteiger partial charge on any atom is -0.497 e. The van der Waals surface area contributed by atoms with Gasteiger partial charge in [-0.3, -0.25) is 0 Å². The lowest BCUT2D eigenvalue weighted by Crippen LogP contribution is -2.33. The molecule has 0 aliphatic heterocycles. The summed E-state index contributed by atoms with van der Waals surface area (Å²) in [6, 6.07) is 17.1. The number of benzene rings is 2. The Morgan fingerprint density at radius 3 is 2.63 bits per heavy atom. The number of ether oxygens (including phenoxy) is 1. The summed E-state index contributed by atoms with van der Waals surface area (Å²) in [7, 11) is 1.71. The van der Waals surface area contributed by atoms with Gasteiger partial charge in [-0.2, -0.15) is 0 Å². The van der Waals surface area contributed by atoms with Gasteiger partial charge in [-0.15, -0.1) is 0 Å². The molecule has 0 unspecified atom stereocenters. The quantitative estimate of drug-likeness (QED) is 0.892. The van der Waals surface area contributed by atoms with Gasteiger partial charge in [-0.25, -0.2) is 0 Å². The van der Waals surface area contributed by atoms with E-state index in [2.05, 4.69) is 36.4 Å². The maximum atomic E-state index is 6.38. The summed E-state index contributed by atoms with van der Waals surface area (Å²) in [6.07, 6.45) is 2.10. The molecule has 3 rings (SSSR count). The van der Waals surface area contributed by atoms with Crippen molar-refractivity contribution in [3.8, 4) is 5.75 Å². The normalized spacial score (nSPS) is 21.8. The molecule has 0 heterocycles. The molecule has 0 spiro atoms. The van der Waals surface area contributed by atoms with E-state index in [4.69, 9.17) is 10.5 Å². The fraction of sp³-hybridized carbons (Fsp3) is 0.294. The highest BCUT2D eigenvalue weighted by Gasteiger charge is 2.28. The highest BCUT2D eigenvalue weighted by molar-refractivity contribution is 5.45. The molecule has 0 bridgehead atoms. The topological polar surface area (TPSA) is 35.2 Å². The molecule has 2 N–H and O–H groups in total. The maximum Gasteiger partial charge on any atom is 0.119 e. The van der Waals surface area contributed by atoms with E-state index in [1.165, 1.54) is 16.7 Å². The van der Waals surface area contributed by atoms with Crippen molar-refractivity contribution in [2.24, 2.45) is 5.73 Å². The van der Waals surface area contributed by atoms with Gasteiger partial charge in [0, 0.05) is 12.0 Å². The number of hydrogen-bond acceptors (Lipinski definition) is 2. The second-order valence-electron chi connectivity index (χ2n) is 5.16. The van der Waals surface area contributed by atoms with Crippen molar-refractivity contribution in [3.63, 3.8) is 0 Å². The van der Waals surface area contributed by atoms with E-state index in [0.29, 0.717) is 0 Å². The van der Waals surface area contributed by atoms with E-state index in [0.717, 1.165) is 18.6 Å². The molecule has 2 aromatic rings. The summed E-state index contributed by atoms with van der Waals surface area (Å²) in [4.78, 5) is 0. The van der Waals surface area contributed by atoms with Crippen molar-refractivity contribution < 1.29 is 4.74 Å². The van der Waals surface area contributed by atoms with Crippen LogP contribution in [-0.4, -0.2) is 13.2 Å². The zero-order valence-electron chi connectivity index (χ0n) is 11.2. The Balaban J connectivity index is 2.10. The molecule has 0 fully saturated rings. The molecule has 2 heteroatoms. The van der Waals surface area contributed by atoms with Crippen LogP contribution >= 0.6 is 0 Å². The smallest absolute Gasteiger partial charge is 0.119 e. The standard InChI is InChI=1S/C17H19NO/c1-19-14-9-7-12-8-10-16(18)17(15(12)11-14)13-5-3-2-4-6-13/h2-7,9,11,16-17H,8,10,18H2,1H3/t16-,17-/m1/s1. The van der Waals surface area contributed by atoms with Crippen LogP contribution in [0.3, 0.4) is 0 Å². The Labute approximate surface area is 114 Å². The van der Waals surface area contributed by atoms with Crippen LogP contribution in [0.1, 0.15) is 29.0 Å². The average molecular weight is 253 g/mol. The van der Waals surface area contributed by atoms with Crippen LogP contribution in [0.4, 0.5) is 0 Å². The molecule has 0 saturated carbocycles. The first kappa shape index (κ1) is 12.2. The number of fused-ring (bicyclic) bond motifs is 1. The van der Waals surface area contributed by atoms with Crippen LogP contribution < -0.4 is 10.5 Å². The monoisotopic (exact) mass is 253 g/mol. The first-order valence-electron chi connectivity index (χ1n) is 6.77. The van der Waals surface area contributed by atoms with Gasteiger partial charge in [-0.1, -0.05) is 36.4 Å². The summed E-state index contributed by atoms with van der Waals surface area (Å²) in [5.74, 6) is 1.19. The fourth-order valence-corrected chi connectivity index (χ4v) is 3.02. The van der Waals surface area contributed by atoms with Gasteiger partial charge in [0.15, 0.2) is 0 Å². The van der Waals surface area contributed by atoms with Crippen molar-refractivity contribution in [1.82, 2.24) is 0 Å². The highest BCUT2D eigenvalue weighted by atomic mass is 16.5. The molecule has 0 amide bonds. The molecule has 2 nitrogen and oxygen atoms in total. The predicted octanol–water partition coefficient (Wildman–Crippen LogP) is 3.10. The Hall–Kier alpha value is -1.80. The van der Waals surface area contributed by atoms with E-state index >= 15 is 0 Å². The van der Waals surface area contributed by atoms with Crippen LogP contribution in [0, 0.1) is 0 Å². The Morgan fingerprint density at radius 2 is 1.89 bits per heavy atom. The third-order valence-electron chi connectivity index (χ3n) is 4.02. The third-order valence-corrected chi connectivity index (χ3v) is 4.02. The molecular weight excluding hydrogens is 234 g/mol. The first-order valence-corrected chi connectivity index (χ1v) is 6.77. The summed E-state index contributed by atoms with van der Waals surface area (Å²) in [5, 5.41) is 0. The number of aryl methyl sites for hydroxylation is 1. The van der Waals surface area contributed by atoms with Gasteiger partial charge in [0.1, 0.15) is 5.75 Å². The second-order valence-corrected chi connectivity index (χ2v) is 5.16. The zero-order chi connectivity index (χ0) is 13.2. The second kappa shape index (κ2) is 5.06. The van der Waals surface area contributed by atoms with Gasteiger partial charge in [0.05, 0.1) is 7.11 Å². The van der Waals surface area contributed by atoms with E-state index < -0.39 is 0 Å². The van der Waals surface area contributed by atoms with Crippen molar-refractivity contribution in [3.05, 3.63) is 65.2 Å². The van der Waals surface area contributed by atoms with Crippen LogP contribution in [0.2, 0.25) is 0 Å². The molecule has 1 aliphatic rings. The number of rotatable bonds is 2. The Bertz CT molecular complexity index is 565. The van der Waals surface area contributed by atoms with Crippen molar-refractivity contribution >= 4 is 0 Å². The van der Waals surface area contributed by atoms with Crippen molar-refractivity contribution in [2.75, 3.05) is 7.11 Å². The molecule has 1 aliphatic carbocycles. The predicted molar refractivity (Wildman–Crippen MR) is 77.6 cm³/mol. The molecule has 98 valence electrons. The summed E-state index contributed by atoms with van der Waals surface area (Å²) < 4.78 is 5.36. The third kappa shape index (κ3) is 2.24. The summed E-state index contributed by atoms with van der Waals surface area (Å²) in [5.41, 5.74) is 10.4. The van der Waals surface area contributed by atoms with Crippen LogP contribution in [0.15, 0.2) is 48.5 Å². The average Bonchev–Trinajstić information content (AvgIpc) is 2.47. The first-order chi connectivity index (χ1) is 9.29. The minimum absolute atomic E-state index is 0.182. The van der Waals surface area contributed by atoms with E-state index in [1.807, 2.05) is 12.1 Å². The fourth-order valence-electron chi connectivity index (χ4n) is 3.02. The van der Waals surface area contributed by atoms with Gasteiger partial charge < -0.3 is 10.5 Å². The molecule has 2 aromatic carbocycles. The van der Waals surface area contributed by atoms with Gasteiger partial charge in [-0.05, 0) is 41.7 Å². The van der Waals surface area contributed by atoms with Crippen LogP contribution in [0.25, 0.3) is 0 Å². The lowest BCUT2D eigenvalue weighted by atomic mass is 9.76. The minimum atomic E-state index is 0.182. The molecule has 0 saturated heterocycles. The van der Waals surface area contributed by atoms with Gasteiger partial charge >= 0.3 is 0 Å². The number of hydrogen-bond donors (Lipinski definition) is 1. The number of nitrogens with two attached hydrogens (primary N) is 1. The highest BCUT2D eigenvalue weighted by Crippen LogP contribution is 2.37. The largest absolute Gasteiger partial charge is 0.497 e. The zero-order valence-corrected chi connectivity index (χ0v) is 11.2. The van der Waals surface area contributed by atoms with Crippen molar-refractivity contribution in [1.29, 1.82) is 0 Å². The lowest BCUT2D eigenvalue weighted by Gasteiger charge is -2.32. The molecule has 19 heavy (non-hydrogen) atoms. The SMILES string of the molecule is COc1ccc2c(c1)[C@@H](c1ccccc1)[C@H](N)CC2. The maximum absolute atomic E-state index is 6.38. The van der Waals surface area contributed by atoms with E-state index in [-0.39, 0.29) is 12.0 Å².